The van der Waals surface area contributed by atoms with Crippen molar-refractivity contribution in [1.29, 1.82) is 0 Å². The number of fused-ring (bicyclic) bond motifs is 1. The van der Waals surface area contributed by atoms with Crippen LogP contribution < -0.4 is 5.73 Å². The Morgan fingerprint density at radius 2 is 2.05 bits per heavy atom. The summed E-state index contributed by atoms with van der Waals surface area (Å²) in [6, 6.07) is 2.31. The van der Waals surface area contributed by atoms with E-state index in [4.69, 9.17) is 5.73 Å². The molecular weight excluding hydrogens is 276 g/mol. The molecule has 104 valence electrons. The number of anilines is 1. The van der Waals surface area contributed by atoms with Crippen molar-refractivity contribution in [3.63, 3.8) is 0 Å². The summed E-state index contributed by atoms with van der Waals surface area (Å²) in [6.45, 7) is 0.162. The topological polar surface area (TPSA) is 78.0 Å². The number of nitrogen functional groups attached to an aromatic ring is 1. The predicted molar refractivity (Wildman–Crippen MR) is 68.4 cm³/mol. The monoisotopic (exact) mass is 289 g/mol. The summed E-state index contributed by atoms with van der Waals surface area (Å²) in [5.41, 5.74) is 5.85. The first kappa shape index (κ1) is 13.7. The lowest BCUT2D eigenvalue weighted by Gasteiger charge is -2.06. The first-order chi connectivity index (χ1) is 8.79. The molecule has 19 heavy (non-hydrogen) atoms. The largest absolute Gasteiger partial charge is 0.369 e. The van der Waals surface area contributed by atoms with Crippen LogP contribution in [0, 0.1) is 11.6 Å². The maximum Gasteiger partial charge on any atom is 0.201 e. The van der Waals surface area contributed by atoms with Gasteiger partial charge in [0.1, 0.15) is 15.4 Å². The number of rotatable bonds is 4. The molecule has 0 aliphatic rings. The number of hydrogen-bond acceptors (Lipinski definition) is 4. The van der Waals surface area contributed by atoms with Crippen molar-refractivity contribution in [3.8, 4) is 0 Å². The highest BCUT2D eigenvalue weighted by molar-refractivity contribution is 7.90. The summed E-state index contributed by atoms with van der Waals surface area (Å²) in [5.74, 6) is -2.03. The van der Waals surface area contributed by atoms with Gasteiger partial charge in [-0.3, -0.25) is 0 Å². The molecule has 0 saturated heterocycles. The van der Waals surface area contributed by atoms with Gasteiger partial charge in [-0.15, -0.1) is 0 Å². The van der Waals surface area contributed by atoms with E-state index in [0.717, 1.165) is 12.3 Å². The molecule has 0 saturated carbocycles. The molecule has 0 amide bonds. The van der Waals surface area contributed by atoms with Crippen molar-refractivity contribution < 1.29 is 17.2 Å². The molecule has 0 bridgehead atoms. The van der Waals surface area contributed by atoms with E-state index < -0.39 is 21.5 Å². The Balaban J connectivity index is 2.37. The third-order valence-electron chi connectivity index (χ3n) is 2.73. The number of aromatic nitrogens is 2. The molecule has 2 N–H and O–H groups in total. The number of benzene rings is 1. The van der Waals surface area contributed by atoms with E-state index in [1.165, 1.54) is 10.6 Å². The highest BCUT2D eigenvalue weighted by Gasteiger charge is 2.16. The van der Waals surface area contributed by atoms with Gasteiger partial charge in [0.05, 0.1) is 11.3 Å². The number of aryl methyl sites for hydroxylation is 1. The smallest absolute Gasteiger partial charge is 0.201 e. The highest BCUT2D eigenvalue weighted by Crippen LogP contribution is 2.23. The summed E-state index contributed by atoms with van der Waals surface area (Å²) in [5, 5.41) is 0. The second kappa shape index (κ2) is 4.76. The zero-order valence-corrected chi connectivity index (χ0v) is 11.0. The normalized spacial score (nSPS) is 12.2. The minimum atomic E-state index is -3.10. The van der Waals surface area contributed by atoms with Gasteiger partial charge in [0.25, 0.3) is 0 Å². The zero-order valence-electron chi connectivity index (χ0n) is 10.2. The lowest BCUT2D eigenvalue weighted by molar-refractivity contribution is 0.511. The Morgan fingerprint density at radius 3 is 2.68 bits per heavy atom. The van der Waals surface area contributed by atoms with Gasteiger partial charge >= 0.3 is 0 Å². The molecule has 1 aromatic carbocycles. The highest BCUT2D eigenvalue weighted by atomic mass is 32.2. The van der Waals surface area contributed by atoms with Crippen LogP contribution in [0.2, 0.25) is 0 Å². The van der Waals surface area contributed by atoms with E-state index >= 15 is 0 Å². The predicted octanol–water partition coefficient (Wildman–Crippen LogP) is 1.33. The van der Waals surface area contributed by atoms with Crippen molar-refractivity contribution >= 4 is 26.8 Å². The maximum atomic E-state index is 13.7. The summed E-state index contributed by atoms with van der Waals surface area (Å²) in [7, 11) is -3.10. The molecule has 8 heteroatoms. The second-order valence-electron chi connectivity index (χ2n) is 4.33. The molecule has 0 aliphatic carbocycles. The summed E-state index contributed by atoms with van der Waals surface area (Å²) in [6.07, 6.45) is 1.37. The molecule has 0 unspecified atom stereocenters. The van der Waals surface area contributed by atoms with Crippen LogP contribution in [0.25, 0.3) is 11.0 Å². The number of imidazole rings is 1. The molecule has 0 radical (unpaired) electrons. The molecule has 0 aliphatic heterocycles. The molecule has 1 heterocycles. The van der Waals surface area contributed by atoms with Crippen molar-refractivity contribution in [1.82, 2.24) is 9.55 Å². The first-order valence-corrected chi connectivity index (χ1v) is 7.63. The zero-order chi connectivity index (χ0) is 14.2. The Hall–Kier alpha value is -1.70. The van der Waals surface area contributed by atoms with Crippen LogP contribution in [0.3, 0.4) is 0 Å². The van der Waals surface area contributed by atoms with Gasteiger partial charge in [0, 0.05) is 12.8 Å². The third kappa shape index (κ3) is 2.83. The molecule has 5 nitrogen and oxygen atoms in total. The number of sulfone groups is 1. The second-order valence-corrected chi connectivity index (χ2v) is 6.59. The van der Waals surface area contributed by atoms with Crippen LogP contribution in [0.5, 0.6) is 0 Å². The van der Waals surface area contributed by atoms with E-state index in [1.54, 1.807) is 0 Å². The van der Waals surface area contributed by atoms with Gasteiger partial charge < -0.3 is 10.3 Å². The van der Waals surface area contributed by atoms with E-state index in [0.29, 0.717) is 0 Å². The Morgan fingerprint density at radius 1 is 1.37 bits per heavy atom. The van der Waals surface area contributed by atoms with Crippen molar-refractivity contribution in [2.45, 2.75) is 13.0 Å². The van der Waals surface area contributed by atoms with Crippen LogP contribution >= 0.6 is 0 Å². The summed E-state index contributed by atoms with van der Waals surface area (Å²) < 4.78 is 50.3. The van der Waals surface area contributed by atoms with Crippen molar-refractivity contribution in [2.75, 3.05) is 17.7 Å². The van der Waals surface area contributed by atoms with Crippen LogP contribution in [0.15, 0.2) is 12.1 Å². The van der Waals surface area contributed by atoms with Gasteiger partial charge in [-0.2, -0.15) is 0 Å². The number of nitrogens with zero attached hydrogens (tertiary/aromatic N) is 2. The van der Waals surface area contributed by atoms with Gasteiger partial charge in [-0.05, 0) is 18.6 Å². The van der Waals surface area contributed by atoms with Crippen LogP contribution in [0.1, 0.15) is 6.42 Å². The van der Waals surface area contributed by atoms with Crippen molar-refractivity contribution in [2.24, 2.45) is 0 Å². The molecule has 2 aromatic rings. The lowest BCUT2D eigenvalue weighted by atomic mass is 10.3. The number of halogens is 2. The van der Waals surface area contributed by atoms with E-state index in [-0.39, 0.29) is 35.7 Å². The van der Waals surface area contributed by atoms with Gasteiger partial charge in [-0.25, -0.2) is 22.2 Å². The summed E-state index contributed by atoms with van der Waals surface area (Å²) in [4.78, 5) is 3.91. The first-order valence-electron chi connectivity index (χ1n) is 5.57. The standard InChI is InChI=1S/C11H13F2N3O2S/c1-19(17,18)6-2-5-16-10-8(15-11(16)14)4-3-7(12)9(10)13/h3-4H,2,5-6H2,1H3,(H2,14,15). The van der Waals surface area contributed by atoms with Gasteiger partial charge in [-0.1, -0.05) is 0 Å². The average Bonchev–Trinajstić information content (AvgIpc) is 2.60. The van der Waals surface area contributed by atoms with Crippen LogP contribution in [-0.4, -0.2) is 30.0 Å². The van der Waals surface area contributed by atoms with Crippen LogP contribution in [0.4, 0.5) is 14.7 Å². The Labute approximate surface area is 109 Å². The van der Waals surface area contributed by atoms with Gasteiger partial charge in [0.15, 0.2) is 11.6 Å². The SMILES string of the molecule is CS(=O)(=O)CCCn1c(N)nc2ccc(F)c(F)c21. The van der Waals surface area contributed by atoms with Crippen LogP contribution in [-0.2, 0) is 16.4 Å². The molecule has 0 spiro atoms. The quantitative estimate of drug-likeness (QED) is 0.921. The molecule has 1 aromatic heterocycles. The lowest BCUT2D eigenvalue weighted by Crippen LogP contribution is -2.10. The molecular formula is C11H13F2N3O2S. The fraction of sp³-hybridized carbons (Fsp3) is 0.364. The fourth-order valence-electron chi connectivity index (χ4n) is 1.89. The molecule has 2 rings (SSSR count). The minimum absolute atomic E-state index is 0.0352. The number of nitrogens with two attached hydrogens (primary N) is 1. The maximum absolute atomic E-state index is 13.7. The van der Waals surface area contributed by atoms with E-state index in [9.17, 15) is 17.2 Å². The third-order valence-corrected chi connectivity index (χ3v) is 3.76. The Bertz CT molecular complexity index is 725. The van der Waals surface area contributed by atoms with Crippen molar-refractivity contribution in [3.05, 3.63) is 23.8 Å². The minimum Gasteiger partial charge on any atom is -0.369 e. The van der Waals surface area contributed by atoms with Gasteiger partial charge in [0.2, 0.25) is 5.95 Å². The number of hydrogen-bond donors (Lipinski definition) is 1. The van der Waals surface area contributed by atoms with E-state index in [1.807, 2.05) is 0 Å². The summed E-state index contributed by atoms with van der Waals surface area (Å²) >= 11 is 0. The fourth-order valence-corrected chi connectivity index (χ4v) is 2.54. The molecule has 0 atom stereocenters. The molecule has 0 fully saturated rings. The Kier molecular flexibility index (Phi) is 3.44. The average molecular weight is 289 g/mol. The van der Waals surface area contributed by atoms with E-state index in [2.05, 4.69) is 4.98 Å².